The highest BCUT2D eigenvalue weighted by atomic mass is 19.4. The monoisotopic (exact) mass is 249 g/mol. The number of hydrogen-bond donors (Lipinski definition) is 1. The van der Waals surface area contributed by atoms with E-state index in [1.807, 2.05) is 0 Å². The van der Waals surface area contributed by atoms with E-state index in [0.29, 0.717) is 37.8 Å². The fourth-order valence-electron chi connectivity index (χ4n) is 3.03. The molecule has 4 heteroatoms. The molecule has 1 N–H and O–H groups in total. The third-order valence-electron chi connectivity index (χ3n) is 4.22. The van der Waals surface area contributed by atoms with Crippen LogP contribution in [0.3, 0.4) is 0 Å². The van der Waals surface area contributed by atoms with Crippen molar-refractivity contribution >= 4 is 0 Å². The largest absolute Gasteiger partial charge is 0.391 e. The van der Waals surface area contributed by atoms with E-state index in [0.717, 1.165) is 5.92 Å². The van der Waals surface area contributed by atoms with Crippen LogP contribution in [0.1, 0.15) is 51.9 Å². The summed E-state index contributed by atoms with van der Waals surface area (Å²) in [5.41, 5.74) is 0. The Bertz CT molecular complexity index is 244. The van der Waals surface area contributed by atoms with Crippen molar-refractivity contribution in [3.63, 3.8) is 0 Å². The lowest BCUT2D eigenvalue weighted by Gasteiger charge is -2.30. The van der Waals surface area contributed by atoms with Crippen molar-refractivity contribution in [1.29, 1.82) is 0 Å². The fraction of sp³-hybridized carbons (Fsp3) is 1.00. The van der Waals surface area contributed by atoms with E-state index in [9.17, 15) is 13.2 Å². The maximum Gasteiger partial charge on any atom is 0.391 e. The molecule has 0 saturated heterocycles. The van der Waals surface area contributed by atoms with Crippen LogP contribution in [0.5, 0.6) is 0 Å². The van der Waals surface area contributed by atoms with Crippen molar-refractivity contribution < 1.29 is 13.2 Å². The molecular weight excluding hydrogens is 227 g/mol. The van der Waals surface area contributed by atoms with Crippen molar-refractivity contribution in [2.75, 3.05) is 0 Å². The molecule has 0 heterocycles. The minimum Gasteiger partial charge on any atom is -0.311 e. The summed E-state index contributed by atoms with van der Waals surface area (Å²) in [7, 11) is 0. The lowest BCUT2D eigenvalue weighted by atomic mass is 9.85. The predicted octanol–water partition coefficient (Wildman–Crippen LogP) is 3.89. The average molecular weight is 249 g/mol. The molecule has 2 fully saturated rings. The fourth-order valence-corrected chi connectivity index (χ4v) is 3.03. The number of nitrogens with one attached hydrogen (secondary N) is 1. The first-order chi connectivity index (χ1) is 8.00. The molecule has 1 nitrogen and oxygen atoms in total. The van der Waals surface area contributed by atoms with Crippen molar-refractivity contribution in [3.8, 4) is 0 Å². The Morgan fingerprint density at radius 3 is 2.29 bits per heavy atom. The van der Waals surface area contributed by atoms with E-state index in [1.54, 1.807) is 0 Å². The lowest BCUT2D eigenvalue weighted by Crippen LogP contribution is -2.38. The van der Waals surface area contributed by atoms with E-state index >= 15 is 0 Å². The molecule has 0 spiro atoms. The highest BCUT2D eigenvalue weighted by molar-refractivity contribution is 4.95. The summed E-state index contributed by atoms with van der Waals surface area (Å²) in [4.78, 5) is 0. The molecule has 2 aliphatic carbocycles. The predicted molar refractivity (Wildman–Crippen MR) is 61.7 cm³/mol. The van der Waals surface area contributed by atoms with Gasteiger partial charge in [-0.05, 0) is 44.4 Å². The van der Waals surface area contributed by atoms with Gasteiger partial charge in [0.15, 0.2) is 0 Å². The van der Waals surface area contributed by atoms with Crippen LogP contribution in [0.2, 0.25) is 0 Å². The molecular formula is C13H22F3N. The highest BCUT2D eigenvalue weighted by Crippen LogP contribution is 2.40. The Balaban J connectivity index is 1.67. The Kier molecular flexibility index (Phi) is 4.01. The van der Waals surface area contributed by atoms with Gasteiger partial charge in [-0.1, -0.05) is 13.3 Å². The molecule has 0 aromatic carbocycles. The van der Waals surface area contributed by atoms with Crippen molar-refractivity contribution in [2.45, 2.75) is 70.1 Å². The van der Waals surface area contributed by atoms with E-state index in [2.05, 4.69) is 12.2 Å². The van der Waals surface area contributed by atoms with Gasteiger partial charge in [-0.15, -0.1) is 0 Å². The van der Waals surface area contributed by atoms with Crippen LogP contribution in [0, 0.1) is 11.8 Å². The summed E-state index contributed by atoms with van der Waals surface area (Å²) in [5, 5.41) is 3.53. The average Bonchev–Trinajstić information content (AvgIpc) is 2.96. The van der Waals surface area contributed by atoms with Crippen LogP contribution in [-0.4, -0.2) is 18.3 Å². The molecule has 0 aromatic heterocycles. The van der Waals surface area contributed by atoms with Crippen molar-refractivity contribution in [3.05, 3.63) is 0 Å². The molecule has 2 aliphatic rings. The Hall–Kier alpha value is -0.250. The first-order valence-electron chi connectivity index (χ1n) is 6.83. The molecule has 0 aromatic rings. The van der Waals surface area contributed by atoms with Crippen LogP contribution in [0.25, 0.3) is 0 Å². The summed E-state index contributed by atoms with van der Waals surface area (Å²) in [6.07, 6.45) is 1.74. The summed E-state index contributed by atoms with van der Waals surface area (Å²) >= 11 is 0. The topological polar surface area (TPSA) is 12.0 Å². The lowest BCUT2D eigenvalue weighted by molar-refractivity contribution is -0.182. The second kappa shape index (κ2) is 5.17. The summed E-state index contributed by atoms with van der Waals surface area (Å²) in [6.45, 7) is 2.18. The maximum atomic E-state index is 12.5. The smallest absolute Gasteiger partial charge is 0.311 e. The molecule has 100 valence electrons. The summed E-state index contributed by atoms with van der Waals surface area (Å²) in [5.74, 6) is -0.258. The van der Waals surface area contributed by atoms with Gasteiger partial charge in [-0.25, -0.2) is 0 Å². The van der Waals surface area contributed by atoms with Crippen LogP contribution in [-0.2, 0) is 0 Å². The van der Waals surface area contributed by atoms with Gasteiger partial charge in [0.25, 0.3) is 0 Å². The molecule has 2 unspecified atom stereocenters. The maximum absolute atomic E-state index is 12.5. The van der Waals surface area contributed by atoms with Crippen LogP contribution < -0.4 is 5.32 Å². The van der Waals surface area contributed by atoms with E-state index < -0.39 is 12.1 Å². The second-order valence-electron chi connectivity index (χ2n) is 5.65. The number of halogens is 3. The van der Waals surface area contributed by atoms with Gasteiger partial charge in [-0.2, -0.15) is 13.2 Å². The first-order valence-corrected chi connectivity index (χ1v) is 6.83. The van der Waals surface area contributed by atoms with Gasteiger partial charge in [0, 0.05) is 12.1 Å². The van der Waals surface area contributed by atoms with Crippen LogP contribution in [0.15, 0.2) is 0 Å². The van der Waals surface area contributed by atoms with Crippen LogP contribution >= 0.6 is 0 Å². The molecule has 2 atom stereocenters. The van der Waals surface area contributed by atoms with E-state index in [1.165, 1.54) is 19.3 Å². The third kappa shape index (κ3) is 3.60. The van der Waals surface area contributed by atoms with Gasteiger partial charge >= 0.3 is 6.18 Å². The van der Waals surface area contributed by atoms with Crippen LogP contribution in [0.4, 0.5) is 13.2 Å². The van der Waals surface area contributed by atoms with Gasteiger partial charge in [0.2, 0.25) is 0 Å². The molecule has 0 amide bonds. The normalized spacial score (nSPS) is 38.1. The third-order valence-corrected chi connectivity index (χ3v) is 4.22. The summed E-state index contributed by atoms with van der Waals surface area (Å²) < 4.78 is 37.5. The molecule has 0 aliphatic heterocycles. The zero-order chi connectivity index (χ0) is 12.5. The van der Waals surface area contributed by atoms with E-state index in [-0.39, 0.29) is 0 Å². The van der Waals surface area contributed by atoms with E-state index in [4.69, 9.17) is 0 Å². The minimum atomic E-state index is -3.98. The zero-order valence-corrected chi connectivity index (χ0v) is 10.4. The Labute approximate surface area is 101 Å². The Morgan fingerprint density at radius 1 is 1.12 bits per heavy atom. The molecule has 17 heavy (non-hydrogen) atoms. The van der Waals surface area contributed by atoms with Gasteiger partial charge in [0.05, 0.1) is 5.92 Å². The number of alkyl halides is 3. The zero-order valence-electron chi connectivity index (χ0n) is 10.4. The van der Waals surface area contributed by atoms with Gasteiger partial charge in [-0.3, -0.25) is 0 Å². The first kappa shape index (κ1) is 13.2. The minimum absolute atomic E-state index is 0.312. The SMILES string of the molecule is CCCC1CC1NC1CCC(C(F)(F)F)CC1. The molecule has 0 bridgehead atoms. The second-order valence-corrected chi connectivity index (χ2v) is 5.65. The quantitative estimate of drug-likeness (QED) is 0.797. The highest BCUT2D eigenvalue weighted by Gasteiger charge is 2.43. The molecule has 0 radical (unpaired) electrons. The number of hydrogen-bond acceptors (Lipinski definition) is 1. The standard InChI is InChI=1S/C13H22F3N/c1-2-3-9-8-12(9)17-11-6-4-10(5-7-11)13(14,15)16/h9-12,17H,2-8H2,1H3. The number of rotatable bonds is 4. The van der Waals surface area contributed by atoms with Crippen molar-refractivity contribution in [1.82, 2.24) is 5.32 Å². The van der Waals surface area contributed by atoms with Gasteiger partial charge in [0.1, 0.15) is 0 Å². The summed E-state index contributed by atoms with van der Waals surface area (Å²) in [6, 6.07) is 0.933. The van der Waals surface area contributed by atoms with Gasteiger partial charge < -0.3 is 5.32 Å². The molecule has 2 rings (SSSR count). The van der Waals surface area contributed by atoms with Crippen molar-refractivity contribution in [2.24, 2.45) is 11.8 Å². The molecule has 2 saturated carbocycles. The Morgan fingerprint density at radius 2 is 1.76 bits per heavy atom.